The number of phenolic OH excluding ortho intramolecular Hbond substituents is 1. The molecule has 1 amide bonds. The monoisotopic (exact) mass is 312 g/mol. The van der Waals surface area contributed by atoms with E-state index in [1.807, 2.05) is 31.3 Å². The van der Waals surface area contributed by atoms with Crippen LogP contribution >= 0.6 is 0 Å². The van der Waals surface area contributed by atoms with Gasteiger partial charge in [0.1, 0.15) is 0 Å². The Labute approximate surface area is 135 Å². The van der Waals surface area contributed by atoms with Crippen molar-refractivity contribution in [2.45, 2.75) is 13.0 Å². The van der Waals surface area contributed by atoms with Gasteiger partial charge in [0, 0.05) is 31.4 Å². The van der Waals surface area contributed by atoms with Gasteiger partial charge in [0.2, 0.25) is 0 Å². The molecule has 0 bridgehead atoms. The lowest BCUT2D eigenvalue weighted by Gasteiger charge is -2.25. The number of phenols is 1. The summed E-state index contributed by atoms with van der Waals surface area (Å²) < 4.78 is 5.04. The van der Waals surface area contributed by atoms with Crippen molar-refractivity contribution in [2.24, 2.45) is 0 Å². The zero-order chi connectivity index (χ0) is 16.4. The third kappa shape index (κ3) is 3.08. The second-order valence-electron chi connectivity index (χ2n) is 5.71. The number of fused-ring (bicyclic) bond motifs is 1. The molecule has 0 atom stereocenters. The summed E-state index contributed by atoms with van der Waals surface area (Å²) in [5.74, 6) is 0.675. The zero-order valence-corrected chi connectivity index (χ0v) is 13.3. The van der Waals surface area contributed by atoms with Crippen molar-refractivity contribution in [2.75, 3.05) is 26.0 Å². The summed E-state index contributed by atoms with van der Waals surface area (Å²) in [5, 5.41) is 13.1. The number of amides is 1. The highest BCUT2D eigenvalue weighted by Crippen LogP contribution is 2.27. The normalized spacial score (nSPS) is 13.7. The first-order valence-corrected chi connectivity index (χ1v) is 7.56. The van der Waals surface area contributed by atoms with Gasteiger partial charge in [0.05, 0.1) is 7.11 Å². The Morgan fingerprint density at radius 3 is 2.83 bits per heavy atom. The fourth-order valence-electron chi connectivity index (χ4n) is 2.76. The van der Waals surface area contributed by atoms with E-state index >= 15 is 0 Å². The topological polar surface area (TPSA) is 61.8 Å². The maximum Gasteiger partial charge on any atom is 0.253 e. The molecular weight excluding hydrogens is 292 g/mol. The number of benzene rings is 2. The second kappa shape index (κ2) is 6.20. The molecule has 1 aliphatic heterocycles. The Hall–Kier alpha value is -2.69. The van der Waals surface area contributed by atoms with E-state index in [9.17, 15) is 9.90 Å². The molecule has 0 saturated carbocycles. The highest BCUT2D eigenvalue weighted by atomic mass is 16.5. The van der Waals surface area contributed by atoms with Gasteiger partial charge in [-0.15, -0.1) is 0 Å². The Bertz CT molecular complexity index is 743. The van der Waals surface area contributed by atoms with Gasteiger partial charge in [0.25, 0.3) is 5.91 Å². The van der Waals surface area contributed by atoms with Gasteiger partial charge in [-0.05, 0) is 47.9 Å². The van der Waals surface area contributed by atoms with Gasteiger partial charge in [-0.2, -0.15) is 0 Å². The first-order chi connectivity index (χ1) is 11.1. The van der Waals surface area contributed by atoms with E-state index in [0.29, 0.717) is 12.3 Å². The molecule has 2 N–H and O–H groups in total. The number of likely N-dealkylation sites (N-methyl/N-ethyl adjacent to an activating group) is 1. The summed E-state index contributed by atoms with van der Waals surface area (Å²) in [6.45, 7) is 1.34. The number of ether oxygens (including phenoxy) is 1. The van der Waals surface area contributed by atoms with Crippen LogP contribution in [0.25, 0.3) is 0 Å². The van der Waals surface area contributed by atoms with Crippen molar-refractivity contribution in [1.82, 2.24) is 4.90 Å². The molecule has 0 aromatic heterocycles. The van der Waals surface area contributed by atoms with Crippen molar-refractivity contribution >= 4 is 11.6 Å². The highest BCUT2D eigenvalue weighted by Gasteiger charge is 2.21. The Morgan fingerprint density at radius 2 is 2.09 bits per heavy atom. The maximum absolute atomic E-state index is 12.1. The van der Waals surface area contributed by atoms with Crippen molar-refractivity contribution in [3.05, 3.63) is 53.1 Å². The lowest BCUT2D eigenvalue weighted by atomic mass is 9.98. The predicted octanol–water partition coefficient (Wildman–Crippen LogP) is 2.64. The molecule has 0 spiro atoms. The minimum atomic E-state index is 0.0814. The summed E-state index contributed by atoms with van der Waals surface area (Å²) in [7, 11) is 3.35. The number of methoxy groups -OCH3 is 1. The van der Waals surface area contributed by atoms with Gasteiger partial charge < -0.3 is 20.1 Å². The molecule has 1 aliphatic rings. The van der Waals surface area contributed by atoms with E-state index in [2.05, 4.69) is 5.32 Å². The fourth-order valence-corrected chi connectivity index (χ4v) is 2.76. The number of hydrogen-bond acceptors (Lipinski definition) is 4. The lowest BCUT2D eigenvalue weighted by Crippen LogP contribution is -2.34. The van der Waals surface area contributed by atoms with Gasteiger partial charge >= 0.3 is 0 Å². The number of nitrogens with one attached hydrogen (secondary N) is 1. The molecule has 1 heterocycles. The summed E-state index contributed by atoms with van der Waals surface area (Å²) in [6.07, 6.45) is 0.871. The Morgan fingerprint density at radius 1 is 1.26 bits per heavy atom. The molecule has 0 unspecified atom stereocenters. The minimum Gasteiger partial charge on any atom is -0.504 e. The van der Waals surface area contributed by atoms with Crippen LogP contribution in [0.5, 0.6) is 11.5 Å². The predicted molar refractivity (Wildman–Crippen MR) is 89.1 cm³/mol. The molecular formula is C18H20N2O3. The number of aromatic hydroxyl groups is 1. The molecule has 120 valence electrons. The summed E-state index contributed by atoms with van der Waals surface area (Å²) in [4.78, 5) is 13.8. The first-order valence-electron chi connectivity index (χ1n) is 7.56. The number of rotatable bonds is 4. The van der Waals surface area contributed by atoms with Crippen LogP contribution in [0.2, 0.25) is 0 Å². The van der Waals surface area contributed by atoms with E-state index in [1.165, 1.54) is 7.11 Å². The third-order valence-corrected chi connectivity index (χ3v) is 4.14. The minimum absolute atomic E-state index is 0.0814. The van der Waals surface area contributed by atoms with E-state index in [-0.39, 0.29) is 11.7 Å². The van der Waals surface area contributed by atoms with Crippen LogP contribution in [0.3, 0.4) is 0 Å². The van der Waals surface area contributed by atoms with Crippen molar-refractivity contribution in [3.8, 4) is 11.5 Å². The van der Waals surface area contributed by atoms with E-state index < -0.39 is 0 Å². The van der Waals surface area contributed by atoms with Gasteiger partial charge in [0.15, 0.2) is 11.5 Å². The summed E-state index contributed by atoms with van der Waals surface area (Å²) >= 11 is 0. The Balaban J connectivity index is 1.72. The van der Waals surface area contributed by atoms with Gasteiger partial charge in [-0.1, -0.05) is 6.07 Å². The highest BCUT2D eigenvalue weighted by molar-refractivity contribution is 5.97. The van der Waals surface area contributed by atoms with Gasteiger partial charge in [-0.25, -0.2) is 0 Å². The van der Waals surface area contributed by atoms with Crippen LogP contribution in [0.4, 0.5) is 5.69 Å². The maximum atomic E-state index is 12.1. The fraction of sp³-hybridized carbons (Fsp3) is 0.278. The molecule has 0 radical (unpaired) electrons. The average molecular weight is 312 g/mol. The number of anilines is 1. The molecule has 0 saturated heterocycles. The van der Waals surface area contributed by atoms with Crippen molar-refractivity contribution in [1.29, 1.82) is 0 Å². The van der Waals surface area contributed by atoms with E-state index in [1.54, 1.807) is 17.0 Å². The molecule has 2 aromatic carbocycles. The van der Waals surface area contributed by atoms with Crippen LogP contribution < -0.4 is 10.1 Å². The van der Waals surface area contributed by atoms with Gasteiger partial charge in [-0.3, -0.25) is 4.79 Å². The SMILES string of the molecule is COc1ccc(CNc2ccc3c(c2)CCN(C)C3=O)cc1O. The molecule has 0 fully saturated rings. The number of hydrogen-bond donors (Lipinski definition) is 2. The van der Waals surface area contributed by atoms with Crippen LogP contribution in [0.1, 0.15) is 21.5 Å². The van der Waals surface area contributed by atoms with Crippen LogP contribution in [-0.4, -0.2) is 36.6 Å². The molecule has 23 heavy (non-hydrogen) atoms. The van der Waals surface area contributed by atoms with E-state index in [4.69, 9.17) is 4.74 Å². The molecule has 2 aromatic rings. The average Bonchev–Trinajstić information content (AvgIpc) is 2.56. The second-order valence-corrected chi connectivity index (χ2v) is 5.71. The smallest absolute Gasteiger partial charge is 0.253 e. The zero-order valence-electron chi connectivity index (χ0n) is 13.3. The molecule has 5 nitrogen and oxygen atoms in total. The third-order valence-electron chi connectivity index (χ3n) is 4.14. The molecule has 5 heteroatoms. The lowest BCUT2D eigenvalue weighted by molar-refractivity contribution is 0.0781. The van der Waals surface area contributed by atoms with Crippen LogP contribution in [-0.2, 0) is 13.0 Å². The first kappa shape index (κ1) is 15.2. The summed E-state index contributed by atoms with van der Waals surface area (Å²) in [6, 6.07) is 11.2. The number of carbonyl (C=O) groups excluding carboxylic acids is 1. The van der Waals surface area contributed by atoms with Crippen molar-refractivity contribution in [3.63, 3.8) is 0 Å². The molecule has 0 aliphatic carbocycles. The van der Waals surface area contributed by atoms with Crippen molar-refractivity contribution < 1.29 is 14.6 Å². The van der Waals surface area contributed by atoms with E-state index in [0.717, 1.165) is 35.3 Å². The Kier molecular flexibility index (Phi) is 4.10. The number of nitrogens with zero attached hydrogens (tertiary/aromatic N) is 1. The largest absolute Gasteiger partial charge is 0.504 e. The van der Waals surface area contributed by atoms with Crippen LogP contribution in [0, 0.1) is 0 Å². The standard InChI is InChI=1S/C18H20N2O3/c1-20-8-7-13-10-14(4-5-15(13)18(20)22)19-11-12-3-6-17(23-2)16(21)9-12/h3-6,9-10,19,21H,7-8,11H2,1-2H3. The van der Waals surface area contributed by atoms with Crippen LogP contribution in [0.15, 0.2) is 36.4 Å². The quantitative estimate of drug-likeness (QED) is 0.911. The summed E-state index contributed by atoms with van der Waals surface area (Å²) in [5.41, 5.74) is 3.79. The molecule has 3 rings (SSSR count). The number of carbonyl (C=O) groups is 1.